The number of aromatic nitrogens is 1. The molecule has 1 aromatic heterocycles. The number of alkyl halides is 3. The van der Waals surface area contributed by atoms with Crippen LogP contribution >= 0.6 is 11.6 Å². The minimum Gasteiger partial charge on any atom is -0.475 e. The van der Waals surface area contributed by atoms with Crippen LogP contribution < -0.4 is 10.6 Å². The van der Waals surface area contributed by atoms with Gasteiger partial charge in [-0.2, -0.15) is 18.2 Å². The fourth-order valence-electron chi connectivity index (χ4n) is 3.95. The number of hydrogen-bond donors (Lipinski definition) is 2. The summed E-state index contributed by atoms with van der Waals surface area (Å²) in [6.45, 7) is 2.05. The number of carboxylic acids is 1. The monoisotopic (exact) mass is 433 g/mol. The Balaban J connectivity index is 0.000000298. The number of halogens is 4. The number of carboxylic acid groups (broad SMARTS) is 1. The van der Waals surface area contributed by atoms with Crippen molar-refractivity contribution in [2.24, 2.45) is 11.1 Å². The molecule has 2 fully saturated rings. The molecule has 1 aliphatic carbocycles. The van der Waals surface area contributed by atoms with Gasteiger partial charge in [0.25, 0.3) is 6.01 Å². The van der Waals surface area contributed by atoms with Gasteiger partial charge in [0.1, 0.15) is 5.52 Å². The second kappa shape index (κ2) is 8.39. The summed E-state index contributed by atoms with van der Waals surface area (Å²) in [6.07, 6.45) is 2.29. The molecule has 1 saturated heterocycles. The van der Waals surface area contributed by atoms with E-state index in [9.17, 15) is 13.2 Å². The molecule has 3 N–H and O–H groups in total. The maximum absolute atomic E-state index is 10.6. The lowest BCUT2D eigenvalue weighted by Crippen LogP contribution is -2.43. The SMILES string of the molecule is NC1CCC2(CC1)CCN(c1nc3ccc(Cl)cc3o1)CC2.O=C(O)C(F)(F)F. The van der Waals surface area contributed by atoms with E-state index < -0.39 is 12.1 Å². The molecule has 1 aromatic carbocycles. The van der Waals surface area contributed by atoms with Gasteiger partial charge >= 0.3 is 12.1 Å². The molecular weight excluding hydrogens is 411 g/mol. The van der Waals surface area contributed by atoms with Crippen molar-refractivity contribution in [1.82, 2.24) is 4.98 Å². The predicted molar refractivity (Wildman–Crippen MR) is 103 cm³/mol. The van der Waals surface area contributed by atoms with E-state index in [1.807, 2.05) is 18.2 Å². The molecule has 6 nitrogen and oxygen atoms in total. The van der Waals surface area contributed by atoms with Gasteiger partial charge in [-0.1, -0.05) is 11.6 Å². The minimum absolute atomic E-state index is 0.422. The van der Waals surface area contributed by atoms with Crippen LogP contribution in [0.2, 0.25) is 5.02 Å². The Bertz CT molecular complexity index is 853. The van der Waals surface area contributed by atoms with Gasteiger partial charge < -0.3 is 20.2 Å². The number of anilines is 1. The number of nitrogens with two attached hydrogens (primary N) is 1. The van der Waals surface area contributed by atoms with E-state index >= 15 is 0 Å². The summed E-state index contributed by atoms with van der Waals surface area (Å²) >= 11 is 6.01. The first kappa shape index (κ1) is 21.7. The first-order chi connectivity index (χ1) is 13.6. The normalized spacial score (nSPS) is 19.8. The molecule has 10 heteroatoms. The van der Waals surface area contributed by atoms with Crippen LogP contribution in [-0.2, 0) is 4.79 Å². The molecule has 0 unspecified atom stereocenters. The molecule has 4 rings (SSSR count). The van der Waals surface area contributed by atoms with Gasteiger partial charge in [0, 0.05) is 30.2 Å². The van der Waals surface area contributed by atoms with Crippen molar-refractivity contribution in [1.29, 1.82) is 0 Å². The maximum Gasteiger partial charge on any atom is 0.490 e. The van der Waals surface area contributed by atoms with Crippen LogP contribution in [0.4, 0.5) is 19.2 Å². The Hall–Kier alpha value is -2.00. The highest BCUT2D eigenvalue weighted by Gasteiger charge is 2.39. The van der Waals surface area contributed by atoms with Crippen LogP contribution in [0.25, 0.3) is 11.1 Å². The predicted octanol–water partition coefficient (Wildman–Crippen LogP) is 4.60. The zero-order chi connectivity index (χ0) is 21.2. The van der Waals surface area contributed by atoms with Crippen molar-refractivity contribution >= 4 is 34.7 Å². The lowest BCUT2D eigenvalue weighted by Gasteiger charge is -2.45. The molecule has 2 aromatic rings. The van der Waals surface area contributed by atoms with Crippen molar-refractivity contribution < 1.29 is 27.5 Å². The van der Waals surface area contributed by atoms with E-state index in [4.69, 9.17) is 31.7 Å². The lowest BCUT2D eigenvalue weighted by molar-refractivity contribution is -0.192. The Morgan fingerprint density at radius 3 is 2.38 bits per heavy atom. The second-order valence-electron chi connectivity index (χ2n) is 7.74. The van der Waals surface area contributed by atoms with Crippen molar-refractivity contribution in [2.45, 2.75) is 50.7 Å². The molecule has 0 radical (unpaired) electrons. The van der Waals surface area contributed by atoms with Crippen LogP contribution in [0.3, 0.4) is 0 Å². The number of benzene rings is 1. The minimum atomic E-state index is -5.08. The average molecular weight is 434 g/mol. The highest BCUT2D eigenvalue weighted by atomic mass is 35.5. The summed E-state index contributed by atoms with van der Waals surface area (Å²) in [5.41, 5.74) is 8.22. The Morgan fingerprint density at radius 1 is 1.24 bits per heavy atom. The summed E-state index contributed by atoms with van der Waals surface area (Å²) in [6, 6.07) is 6.76. The number of oxazole rings is 1. The van der Waals surface area contributed by atoms with E-state index in [2.05, 4.69) is 9.88 Å². The maximum atomic E-state index is 10.6. The largest absolute Gasteiger partial charge is 0.490 e. The Labute approximate surface area is 170 Å². The van der Waals surface area contributed by atoms with Gasteiger partial charge in [0.15, 0.2) is 5.58 Å². The lowest BCUT2D eigenvalue weighted by atomic mass is 9.67. The first-order valence-corrected chi connectivity index (χ1v) is 9.83. The van der Waals surface area contributed by atoms with Crippen molar-refractivity contribution in [2.75, 3.05) is 18.0 Å². The summed E-state index contributed by atoms with van der Waals surface area (Å²) in [4.78, 5) is 15.8. The van der Waals surface area contributed by atoms with Gasteiger partial charge in [-0.05, 0) is 56.1 Å². The Morgan fingerprint density at radius 2 is 1.83 bits per heavy atom. The van der Waals surface area contributed by atoms with Crippen molar-refractivity contribution in [3.63, 3.8) is 0 Å². The number of aliphatic carboxylic acids is 1. The highest BCUT2D eigenvalue weighted by Crippen LogP contribution is 2.45. The van der Waals surface area contributed by atoms with Crippen molar-refractivity contribution in [3.05, 3.63) is 23.2 Å². The number of hydrogen-bond acceptors (Lipinski definition) is 5. The third kappa shape index (κ3) is 5.33. The molecule has 29 heavy (non-hydrogen) atoms. The summed E-state index contributed by atoms with van der Waals surface area (Å²) in [5.74, 6) is -2.76. The van der Waals surface area contributed by atoms with Gasteiger partial charge in [-0.3, -0.25) is 0 Å². The number of fused-ring (bicyclic) bond motifs is 1. The van der Waals surface area contributed by atoms with Crippen LogP contribution in [0.5, 0.6) is 0 Å². The molecule has 0 atom stereocenters. The number of nitrogens with zero attached hydrogens (tertiary/aromatic N) is 2. The molecule has 0 bridgehead atoms. The average Bonchev–Trinajstić information content (AvgIpc) is 3.08. The van der Waals surface area contributed by atoms with Gasteiger partial charge in [-0.25, -0.2) is 4.79 Å². The zero-order valence-electron chi connectivity index (χ0n) is 15.7. The highest BCUT2D eigenvalue weighted by molar-refractivity contribution is 6.31. The molecule has 0 amide bonds. The number of piperidine rings is 1. The summed E-state index contributed by atoms with van der Waals surface area (Å²) < 4.78 is 37.6. The standard InChI is InChI=1S/C17H22ClN3O.C2HF3O2/c18-12-1-2-14-15(11-12)22-16(20-14)21-9-7-17(8-10-21)5-3-13(19)4-6-17;3-2(4,5)1(6)7/h1-2,11,13H,3-10,19H2;(H,6,7). The molecule has 1 saturated carbocycles. The molecule has 1 aliphatic heterocycles. The summed E-state index contributed by atoms with van der Waals surface area (Å²) in [5, 5.41) is 7.81. The van der Waals surface area contributed by atoms with Crippen LogP contribution in [0.1, 0.15) is 38.5 Å². The third-order valence-electron chi connectivity index (χ3n) is 5.77. The van der Waals surface area contributed by atoms with Crippen LogP contribution in [0, 0.1) is 5.41 Å². The number of rotatable bonds is 1. The fraction of sp³-hybridized carbons (Fsp3) is 0.579. The van der Waals surface area contributed by atoms with E-state index in [1.54, 1.807) is 0 Å². The third-order valence-corrected chi connectivity index (χ3v) is 6.00. The molecular formula is C19H23ClF3N3O3. The van der Waals surface area contributed by atoms with E-state index in [1.165, 1.54) is 38.5 Å². The molecule has 160 valence electrons. The van der Waals surface area contributed by atoms with Crippen LogP contribution in [0.15, 0.2) is 22.6 Å². The van der Waals surface area contributed by atoms with Crippen molar-refractivity contribution in [3.8, 4) is 0 Å². The molecule has 2 heterocycles. The smallest absolute Gasteiger partial charge is 0.475 e. The van der Waals surface area contributed by atoms with Gasteiger partial charge in [0.05, 0.1) is 0 Å². The molecule has 2 aliphatic rings. The number of carbonyl (C=O) groups is 1. The van der Waals surface area contributed by atoms with Gasteiger partial charge in [-0.15, -0.1) is 0 Å². The topological polar surface area (TPSA) is 92.6 Å². The van der Waals surface area contributed by atoms with E-state index in [-0.39, 0.29) is 0 Å². The van der Waals surface area contributed by atoms with E-state index in [0.29, 0.717) is 16.5 Å². The zero-order valence-corrected chi connectivity index (χ0v) is 16.5. The fourth-order valence-corrected chi connectivity index (χ4v) is 4.11. The van der Waals surface area contributed by atoms with Crippen LogP contribution in [-0.4, -0.2) is 41.4 Å². The first-order valence-electron chi connectivity index (χ1n) is 9.45. The van der Waals surface area contributed by atoms with E-state index in [0.717, 1.165) is 30.2 Å². The molecule has 1 spiro atoms. The second-order valence-corrected chi connectivity index (χ2v) is 8.17. The van der Waals surface area contributed by atoms with Gasteiger partial charge in [0.2, 0.25) is 0 Å². The summed E-state index contributed by atoms with van der Waals surface area (Å²) in [7, 11) is 0. The Kier molecular flexibility index (Phi) is 6.28. The quantitative estimate of drug-likeness (QED) is 0.682.